The molecule has 0 saturated heterocycles. The van der Waals surface area contributed by atoms with E-state index in [2.05, 4.69) is 4.74 Å². The molecule has 1 aromatic carbocycles. The first-order chi connectivity index (χ1) is 6.86. The molecule has 0 spiro atoms. The number of alkyl halides is 3. The lowest BCUT2D eigenvalue weighted by Gasteiger charge is -2.18. The first-order valence-corrected chi connectivity index (χ1v) is 4.02. The Morgan fingerprint density at radius 2 is 1.93 bits per heavy atom. The maximum atomic E-state index is 12.8. The number of rotatable bonds is 2. The molecule has 0 aliphatic carbocycles. The van der Waals surface area contributed by atoms with Gasteiger partial charge in [-0.1, -0.05) is 0 Å². The minimum absolute atomic E-state index is 0.0822. The minimum atomic E-state index is -4.62. The maximum absolute atomic E-state index is 12.8. The quantitative estimate of drug-likeness (QED) is 0.781. The Morgan fingerprint density at radius 3 is 2.40 bits per heavy atom. The highest BCUT2D eigenvalue weighted by atomic mass is 19.4. The fraction of sp³-hybridized carbons (Fsp3) is 0.333. The van der Waals surface area contributed by atoms with Gasteiger partial charge in [0, 0.05) is 5.56 Å². The van der Waals surface area contributed by atoms with Crippen LogP contribution in [0.4, 0.5) is 17.6 Å². The van der Waals surface area contributed by atoms with Crippen molar-refractivity contribution >= 4 is 0 Å². The Balaban J connectivity index is 3.17. The first kappa shape index (κ1) is 11.8. The zero-order chi connectivity index (χ0) is 11.6. The van der Waals surface area contributed by atoms with Crippen molar-refractivity contribution in [2.75, 3.05) is 7.11 Å². The van der Waals surface area contributed by atoms with Crippen molar-refractivity contribution in [1.82, 2.24) is 0 Å². The predicted octanol–water partition coefficient (Wildman–Crippen LogP) is 2.40. The number of nitrogens with two attached hydrogens (primary N) is 1. The van der Waals surface area contributed by atoms with E-state index < -0.39 is 23.6 Å². The van der Waals surface area contributed by atoms with Crippen molar-refractivity contribution in [2.24, 2.45) is 5.73 Å². The van der Waals surface area contributed by atoms with E-state index in [0.29, 0.717) is 0 Å². The van der Waals surface area contributed by atoms with E-state index >= 15 is 0 Å². The van der Waals surface area contributed by atoms with Gasteiger partial charge in [-0.05, 0) is 18.2 Å². The van der Waals surface area contributed by atoms with Crippen LogP contribution in [0, 0.1) is 5.82 Å². The van der Waals surface area contributed by atoms with Gasteiger partial charge in [0.15, 0.2) is 0 Å². The SMILES string of the molecule is COc1ccc(F)cc1[C@@H](N)C(F)(F)F. The number of benzene rings is 1. The third kappa shape index (κ3) is 2.59. The van der Waals surface area contributed by atoms with Gasteiger partial charge in [0.1, 0.15) is 17.6 Å². The maximum Gasteiger partial charge on any atom is 0.407 e. The van der Waals surface area contributed by atoms with E-state index in [-0.39, 0.29) is 5.75 Å². The predicted molar refractivity (Wildman–Crippen MR) is 45.9 cm³/mol. The zero-order valence-corrected chi connectivity index (χ0v) is 7.81. The van der Waals surface area contributed by atoms with Crippen molar-refractivity contribution < 1.29 is 22.3 Å². The lowest BCUT2D eigenvalue weighted by atomic mass is 10.1. The molecule has 6 heteroatoms. The van der Waals surface area contributed by atoms with Gasteiger partial charge in [-0.2, -0.15) is 13.2 Å². The third-order valence-electron chi connectivity index (χ3n) is 1.88. The van der Waals surface area contributed by atoms with Crippen molar-refractivity contribution in [3.8, 4) is 5.75 Å². The second-order valence-electron chi connectivity index (χ2n) is 2.91. The van der Waals surface area contributed by atoms with Crippen molar-refractivity contribution in [3.63, 3.8) is 0 Å². The van der Waals surface area contributed by atoms with Crippen molar-refractivity contribution in [3.05, 3.63) is 29.6 Å². The Hall–Kier alpha value is -1.30. The molecule has 1 aromatic rings. The smallest absolute Gasteiger partial charge is 0.407 e. The first-order valence-electron chi connectivity index (χ1n) is 4.02. The number of methoxy groups -OCH3 is 1. The molecule has 84 valence electrons. The van der Waals surface area contributed by atoms with Crippen LogP contribution in [-0.2, 0) is 0 Å². The molecule has 0 aliphatic heterocycles. The molecular formula is C9H9F4NO. The molecule has 0 aliphatic rings. The summed E-state index contributed by atoms with van der Waals surface area (Å²) in [5, 5.41) is 0. The Bertz CT molecular complexity index is 350. The van der Waals surface area contributed by atoms with Gasteiger partial charge >= 0.3 is 6.18 Å². The van der Waals surface area contributed by atoms with Crippen LogP contribution in [0.25, 0.3) is 0 Å². The summed E-state index contributed by atoms with van der Waals surface area (Å²) in [5.74, 6) is -0.869. The molecule has 0 bridgehead atoms. The lowest BCUT2D eigenvalue weighted by Crippen LogP contribution is -2.28. The molecule has 0 unspecified atom stereocenters. The zero-order valence-electron chi connectivity index (χ0n) is 7.81. The van der Waals surface area contributed by atoms with Crippen LogP contribution in [0.15, 0.2) is 18.2 Å². The molecule has 0 fully saturated rings. The largest absolute Gasteiger partial charge is 0.496 e. The highest BCUT2D eigenvalue weighted by molar-refractivity contribution is 5.37. The summed E-state index contributed by atoms with van der Waals surface area (Å²) in [6.45, 7) is 0. The summed E-state index contributed by atoms with van der Waals surface area (Å²) in [6.07, 6.45) is -4.62. The van der Waals surface area contributed by atoms with Crippen LogP contribution in [0.5, 0.6) is 5.75 Å². The molecule has 1 rings (SSSR count). The van der Waals surface area contributed by atoms with Gasteiger partial charge in [0.2, 0.25) is 0 Å². The Labute approximate surface area is 83.6 Å². The van der Waals surface area contributed by atoms with Crippen LogP contribution in [0.1, 0.15) is 11.6 Å². The van der Waals surface area contributed by atoms with E-state index in [1.807, 2.05) is 0 Å². The average Bonchev–Trinajstić information content (AvgIpc) is 2.15. The summed E-state index contributed by atoms with van der Waals surface area (Å²) >= 11 is 0. The number of hydrogen-bond donors (Lipinski definition) is 1. The standard InChI is InChI=1S/C9H9F4NO/c1-15-7-3-2-5(10)4-6(7)8(14)9(11,12)13/h2-4,8H,14H2,1H3/t8-/m1/s1. The lowest BCUT2D eigenvalue weighted by molar-refractivity contribution is -0.149. The van der Waals surface area contributed by atoms with Crippen LogP contribution in [0.3, 0.4) is 0 Å². The van der Waals surface area contributed by atoms with E-state index in [4.69, 9.17) is 5.73 Å². The fourth-order valence-electron chi connectivity index (χ4n) is 1.12. The van der Waals surface area contributed by atoms with Gasteiger partial charge in [-0.15, -0.1) is 0 Å². The van der Waals surface area contributed by atoms with E-state index in [9.17, 15) is 17.6 Å². The molecule has 0 heterocycles. The summed E-state index contributed by atoms with van der Waals surface area (Å²) in [6, 6.07) is 0.585. The highest BCUT2D eigenvalue weighted by Crippen LogP contribution is 2.35. The molecule has 0 aromatic heterocycles. The topological polar surface area (TPSA) is 35.2 Å². The van der Waals surface area contributed by atoms with Gasteiger partial charge in [0.05, 0.1) is 7.11 Å². The molecular weight excluding hydrogens is 214 g/mol. The fourth-order valence-corrected chi connectivity index (χ4v) is 1.12. The number of ether oxygens (including phenoxy) is 1. The third-order valence-corrected chi connectivity index (χ3v) is 1.88. The molecule has 2 nitrogen and oxygen atoms in total. The minimum Gasteiger partial charge on any atom is -0.496 e. The normalized spacial score (nSPS) is 13.7. The summed E-state index contributed by atoms with van der Waals surface area (Å²) in [5.41, 5.74) is 4.53. The number of hydrogen-bond acceptors (Lipinski definition) is 2. The molecule has 1 atom stereocenters. The monoisotopic (exact) mass is 223 g/mol. The Kier molecular flexibility index (Phi) is 3.18. The molecule has 0 amide bonds. The van der Waals surface area contributed by atoms with Crippen LogP contribution in [-0.4, -0.2) is 13.3 Å². The summed E-state index contributed by atoms with van der Waals surface area (Å²) < 4.78 is 54.3. The van der Waals surface area contributed by atoms with Crippen molar-refractivity contribution in [2.45, 2.75) is 12.2 Å². The van der Waals surface area contributed by atoms with Crippen molar-refractivity contribution in [1.29, 1.82) is 0 Å². The second-order valence-corrected chi connectivity index (χ2v) is 2.91. The van der Waals surface area contributed by atoms with Gasteiger partial charge in [-0.25, -0.2) is 4.39 Å². The second kappa shape index (κ2) is 4.06. The van der Waals surface area contributed by atoms with Crippen LogP contribution >= 0.6 is 0 Å². The summed E-state index contributed by atoms with van der Waals surface area (Å²) in [7, 11) is 1.19. The van der Waals surface area contributed by atoms with Gasteiger partial charge < -0.3 is 10.5 Å². The highest BCUT2D eigenvalue weighted by Gasteiger charge is 2.39. The van der Waals surface area contributed by atoms with E-state index in [1.54, 1.807) is 0 Å². The molecule has 0 radical (unpaired) electrons. The van der Waals surface area contributed by atoms with Crippen LogP contribution < -0.4 is 10.5 Å². The van der Waals surface area contributed by atoms with Crippen LogP contribution in [0.2, 0.25) is 0 Å². The molecule has 0 saturated carbocycles. The Morgan fingerprint density at radius 1 is 1.33 bits per heavy atom. The van der Waals surface area contributed by atoms with E-state index in [1.165, 1.54) is 7.11 Å². The van der Waals surface area contributed by atoms with Gasteiger partial charge in [-0.3, -0.25) is 0 Å². The average molecular weight is 223 g/mol. The van der Waals surface area contributed by atoms with E-state index in [0.717, 1.165) is 18.2 Å². The van der Waals surface area contributed by atoms with Gasteiger partial charge in [0.25, 0.3) is 0 Å². The number of halogens is 4. The molecule has 15 heavy (non-hydrogen) atoms. The summed E-state index contributed by atoms with van der Waals surface area (Å²) in [4.78, 5) is 0. The molecule has 2 N–H and O–H groups in total.